The average molecular weight is 212 g/mol. The van der Waals surface area contributed by atoms with Gasteiger partial charge in [-0.05, 0) is 33.6 Å². The van der Waals surface area contributed by atoms with Crippen molar-refractivity contribution in [2.24, 2.45) is 0 Å². The van der Waals surface area contributed by atoms with Crippen molar-refractivity contribution < 1.29 is 4.79 Å². The lowest BCUT2D eigenvalue weighted by atomic mass is 10.1. The largest absolute Gasteiger partial charge is 0.333 e. The van der Waals surface area contributed by atoms with E-state index in [9.17, 15) is 4.79 Å². The van der Waals surface area contributed by atoms with Crippen LogP contribution in [0.15, 0.2) is 0 Å². The fraction of sp³-hybridized carbons (Fsp3) is 0.917. The van der Waals surface area contributed by atoms with Gasteiger partial charge >= 0.3 is 6.03 Å². The highest BCUT2D eigenvalue weighted by Crippen LogP contribution is 2.11. The number of hydrogen-bond donors (Lipinski definition) is 1. The second-order valence-corrected chi connectivity index (χ2v) is 5.43. The number of nitrogens with zero attached hydrogens (tertiary/aromatic N) is 1. The first-order chi connectivity index (χ1) is 6.99. The van der Waals surface area contributed by atoms with Gasteiger partial charge in [0.1, 0.15) is 0 Å². The van der Waals surface area contributed by atoms with E-state index in [2.05, 4.69) is 5.32 Å². The third kappa shape index (κ3) is 5.05. The van der Waals surface area contributed by atoms with Gasteiger partial charge in [-0.2, -0.15) is 0 Å². The maximum atomic E-state index is 11.9. The topological polar surface area (TPSA) is 32.3 Å². The average Bonchev–Trinajstić information content (AvgIpc) is 1.98. The summed E-state index contributed by atoms with van der Waals surface area (Å²) in [5.41, 5.74) is -0.126. The SMILES string of the molecule is CC(C)(C)NC(=O)N1CCCCCCC1. The molecule has 1 rings (SSSR count). The molecule has 0 aliphatic carbocycles. The Kier molecular flexibility index (Phi) is 4.43. The van der Waals surface area contributed by atoms with Gasteiger partial charge in [0, 0.05) is 18.6 Å². The maximum absolute atomic E-state index is 11.9. The van der Waals surface area contributed by atoms with Gasteiger partial charge in [0.2, 0.25) is 0 Å². The predicted octanol–water partition coefficient (Wildman–Crippen LogP) is 2.76. The van der Waals surface area contributed by atoms with Crippen molar-refractivity contribution in [1.82, 2.24) is 10.2 Å². The number of carbonyl (C=O) groups is 1. The van der Waals surface area contributed by atoms with Crippen LogP contribution in [-0.4, -0.2) is 29.6 Å². The molecule has 0 aromatic carbocycles. The first-order valence-corrected chi connectivity index (χ1v) is 6.06. The summed E-state index contributed by atoms with van der Waals surface area (Å²) in [5, 5.41) is 3.02. The minimum absolute atomic E-state index is 0.101. The van der Waals surface area contributed by atoms with Crippen LogP contribution in [0, 0.1) is 0 Å². The van der Waals surface area contributed by atoms with Gasteiger partial charge in [-0.15, -0.1) is 0 Å². The number of urea groups is 1. The normalized spacial score (nSPS) is 19.3. The number of hydrogen-bond acceptors (Lipinski definition) is 1. The standard InChI is InChI=1S/C12H24N2O/c1-12(2,3)13-11(15)14-9-7-5-4-6-8-10-14/h4-10H2,1-3H3,(H,13,15). The molecule has 1 heterocycles. The van der Waals surface area contributed by atoms with Crippen LogP contribution in [0.5, 0.6) is 0 Å². The molecule has 1 aliphatic heterocycles. The van der Waals surface area contributed by atoms with Crippen molar-refractivity contribution in [3.05, 3.63) is 0 Å². The van der Waals surface area contributed by atoms with Gasteiger partial charge in [-0.1, -0.05) is 19.3 Å². The van der Waals surface area contributed by atoms with Crippen LogP contribution in [0.25, 0.3) is 0 Å². The van der Waals surface area contributed by atoms with Crippen LogP contribution in [0.2, 0.25) is 0 Å². The van der Waals surface area contributed by atoms with E-state index in [4.69, 9.17) is 0 Å². The molecule has 1 N–H and O–H groups in total. The molecule has 1 fully saturated rings. The van der Waals surface area contributed by atoms with Gasteiger partial charge in [0.05, 0.1) is 0 Å². The van der Waals surface area contributed by atoms with Crippen molar-refractivity contribution in [3.8, 4) is 0 Å². The summed E-state index contributed by atoms with van der Waals surface area (Å²) >= 11 is 0. The number of rotatable bonds is 0. The minimum Gasteiger partial charge on any atom is -0.333 e. The molecule has 1 saturated heterocycles. The maximum Gasteiger partial charge on any atom is 0.317 e. The van der Waals surface area contributed by atoms with E-state index >= 15 is 0 Å². The third-order valence-corrected chi connectivity index (χ3v) is 2.63. The van der Waals surface area contributed by atoms with Crippen LogP contribution < -0.4 is 5.32 Å². The molecule has 0 aromatic rings. The molecule has 0 saturated carbocycles. The van der Waals surface area contributed by atoms with Crippen molar-refractivity contribution in [1.29, 1.82) is 0 Å². The van der Waals surface area contributed by atoms with Gasteiger partial charge < -0.3 is 10.2 Å². The molecule has 0 bridgehead atoms. The van der Waals surface area contributed by atoms with E-state index in [1.54, 1.807) is 0 Å². The molecule has 15 heavy (non-hydrogen) atoms. The summed E-state index contributed by atoms with van der Waals surface area (Å²) in [6, 6.07) is 0.101. The molecule has 2 amide bonds. The molecule has 88 valence electrons. The fourth-order valence-electron chi connectivity index (χ4n) is 1.85. The Morgan fingerprint density at radius 2 is 1.47 bits per heavy atom. The van der Waals surface area contributed by atoms with Crippen LogP contribution >= 0.6 is 0 Å². The number of likely N-dealkylation sites (tertiary alicyclic amines) is 1. The molecule has 0 radical (unpaired) electrons. The Hall–Kier alpha value is -0.730. The molecule has 3 heteroatoms. The van der Waals surface area contributed by atoms with E-state index < -0.39 is 0 Å². The van der Waals surface area contributed by atoms with E-state index in [0.717, 1.165) is 25.9 Å². The van der Waals surface area contributed by atoms with Crippen molar-refractivity contribution in [2.75, 3.05) is 13.1 Å². The summed E-state index contributed by atoms with van der Waals surface area (Å²) < 4.78 is 0. The van der Waals surface area contributed by atoms with Crippen molar-refractivity contribution >= 4 is 6.03 Å². The van der Waals surface area contributed by atoms with Gasteiger partial charge in [0.15, 0.2) is 0 Å². The zero-order valence-electron chi connectivity index (χ0n) is 10.3. The molecule has 0 aromatic heterocycles. The Morgan fingerprint density at radius 3 is 1.93 bits per heavy atom. The van der Waals surface area contributed by atoms with E-state index in [-0.39, 0.29) is 11.6 Å². The minimum atomic E-state index is -0.126. The highest BCUT2D eigenvalue weighted by atomic mass is 16.2. The first-order valence-electron chi connectivity index (χ1n) is 6.06. The lowest BCUT2D eigenvalue weighted by Crippen LogP contribution is -2.49. The molecule has 3 nitrogen and oxygen atoms in total. The molecular weight excluding hydrogens is 188 g/mol. The highest BCUT2D eigenvalue weighted by molar-refractivity contribution is 5.74. The molecule has 1 aliphatic rings. The van der Waals surface area contributed by atoms with Crippen LogP contribution in [0.3, 0.4) is 0 Å². The number of carbonyl (C=O) groups excluding carboxylic acids is 1. The molecule has 0 unspecified atom stereocenters. The number of amides is 2. The van der Waals surface area contributed by atoms with E-state index in [0.29, 0.717) is 0 Å². The quantitative estimate of drug-likeness (QED) is 0.658. The Labute approximate surface area is 93.2 Å². The highest BCUT2D eigenvalue weighted by Gasteiger charge is 2.19. The van der Waals surface area contributed by atoms with Gasteiger partial charge in [-0.25, -0.2) is 4.79 Å². The Balaban J connectivity index is 2.42. The predicted molar refractivity (Wildman–Crippen MR) is 62.9 cm³/mol. The summed E-state index contributed by atoms with van der Waals surface area (Å²) in [5.74, 6) is 0. The van der Waals surface area contributed by atoms with Crippen LogP contribution in [0.4, 0.5) is 4.79 Å². The number of nitrogens with one attached hydrogen (secondary N) is 1. The van der Waals surface area contributed by atoms with Gasteiger partial charge in [0.25, 0.3) is 0 Å². The van der Waals surface area contributed by atoms with E-state index in [1.165, 1.54) is 19.3 Å². The summed E-state index contributed by atoms with van der Waals surface area (Å²) in [4.78, 5) is 13.9. The Bertz CT molecular complexity index is 200. The molecular formula is C12H24N2O. The fourth-order valence-corrected chi connectivity index (χ4v) is 1.85. The lowest BCUT2D eigenvalue weighted by molar-refractivity contribution is 0.183. The monoisotopic (exact) mass is 212 g/mol. The van der Waals surface area contributed by atoms with Crippen LogP contribution in [0.1, 0.15) is 52.9 Å². The molecule has 0 atom stereocenters. The van der Waals surface area contributed by atoms with Crippen LogP contribution in [-0.2, 0) is 0 Å². The van der Waals surface area contributed by atoms with Crippen molar-refractivity contribution in [2.45, 2.75) is 58.4 Å². The zero-order chi connectivity index (χ0) is 11.3. The van der Waals surface area contributed by atoms with E-state index in [1.807, 2.05) is 25.7 Å². The zero-order valence-corrected chi connectivity index (χ0v) is 10.3. The Morgan fingerprint density at radius 1 is 1.00 bits per heavy atom. The summed E-state index contributed by atoms with van der Waals surface area (Å²) in [6.07, 6.45) is 6.16. The first kappa shape index (κ1) is 12.3. The smallest absolute Gasteiger partial charge is 0.317 e. The second kappa shape index (κ2) is 5.38. The second-order valence-electron chi connectivity index (χ2n) is 5.43. The lowest BCUT2D eigenvalue weighted by Gasteiger charge is -2.29. The summed E-state index contributed by atoms with van der Waals surface area (Å²) in [7, 11) is 0. The van der Waals surface area contributed by atoms with Gasteiger partial charge in [-0.3, -0.25) is 0 Å². The third-order valence-electron chi connectivity index (χ3n) is 2.63. The molecule has 0 spiro atoms. The summed E-state index contributed by atoms with van der Waals surface area (Å²) in [6.45, 7) is 7.91. The van der Waals surface area contributed by atoms with Crippen molar-refractivity contribution in [3.63, 3.8) is 0 Å².